The average Bonchev–Trinajstić information content (AvgIpc) is 3.13. The van der Waals surface area contributed by atoms with Gasteiger partial charge in [0.1, 0.15) is 17.3 Å². The van der Waals surface area contributed by atoms with Crippen LogP contribution in [0.1, 0.15) is 17.5 Å². The number of hydrogen-bond acceptors (Lipinski definition) is 3. The van der Waals surface area contributed by atoms with Gasteiger partial charge in [0.25, 0.3) is 0 Å². The van der Waals surface area contributed by atoms with E-state index < -0.39 is 11.6 Å². The van der Waals surface area contributed by atoms with E-state index in [1.807, 2.05) is 12.1 Å². The lowest BCUT2D eigenvalue weighted by Crippen LogP contribution is -2.44. The van der Waals surface area contributed by atoms with Gasteiger partial charge in [-0.3, -0.25) is 4.99 Å². The zero-order valence-electron chi connectivity index (χ0n) is 15.0. The first kappa shape index (κ1) is 18.6. The molecule has 0 amide bonds. The van der Waals surface area contributed by atoms with Crippen molar-refractivity contribution in [2.45, 2.75) is 19.0 Å². The molecule has 0 bridgehead atoms. The summed E-state index contributed by atoms with van der Waals surface area (Å²) in [5, 5.41) is 15.4. The van der Waals surface area contributed by atoms with Gasteiger partial charge in [0.2, 0.25) is 0 Å². The molecule has 0 aromatic heterocycles. The fraction of sp³-hybridized carbons (Fsp3) is 0.300. The van der Waals surface area contributed by atoms with Crippen LogP contribution in [0.25, 0.3) is 0 Å². The standard InChI is InChI=1S/C20H21F2N5/c1-24-20(25-12-15-7-5-14(11-23)6-8-15)26-16-9-10-27(13-16)19-17(21)3-2-4-18(19)22/h2-8,16H,9-10,12-13H2,1H3,(H2,24,25,26). The van der Waals surface area contributed by atoms with Crippen LogP contribution in [0.15, 0.2) is 47.5 Å². The summed E-state index contributed by atoms with van der Waals surface area (Å²) in [6.45, 7) is 1.63. The van der Waals surface area contributed by atoms with E-state index in [1.54, 1.807) is 24.1 Å². The molecule has 2 aromatic carbocycles. The van der Waals surface area contributed by atoms with Crippen molar-refractivity contribution < 1.29 is 8.78 Å². The summed E-state index contributed by atoms with van der Waals surface area (Å²) in [5.74, 6) is -0.460. The molecule has 5 nitrogen and oxygen atoms in total. The van der Waals surface area contributed by atoms with Crippen molar-refractivity contribution in [1.82, 2.24) is 10.6 Å². The molecule has 1 aliphatic heterocycles. The predicted molar refractivity (Wildman–Crippen MR) is 101 cm³/mol. The smallest absolute Gasteiger partial charge is 0.191 e. The normalized spacial score (nSPS) is 16.9. The second kappa shape index (κ2) is 8.49. The minimum atomic E-state index is -0.543. The maximum Gasteiger partial charge on any atom is 0.191 e. The first-order valence-electron chi connectivity index (χ1n) is 8.76. The van der Waals surface area contributed by atoms with Gasteiger partial charge in [-0.15, -0.1) is 0 Å². The molecule has 0 radical (unpaired) electrons. The summed E-state index contributed by atoms with van der Waals surface area (Å²) in [6, 6.07) is 13.4. The monoisotopic (exact) mass is 369 g/mol. The number of nitrogens with zero attached hydrogens (tertiary/aromatic N) is 3. The van der Waals surface area contributed by atoms with Crippen molar-refractivity contribution in [3.63, 3.8) is 0 Å². The third kappa shape index (κ3) is 4.53. The third-order valence-corrected chi connectivity index (χ3v) is 4.55. The van der Waals surface area contributed by atoms with Crippen LogP contribution in [0.3, 0.4) is 0 Å². The summed E-state index contributed by atoms with van der Waals surface area (Å²) >= 11 is 0. The Labute approximate surface area is 157 Å². The highest BCUT2D eigenvalue weighted by Crippen LogP contribution is 2.26. The minimum absolute atomic E-state index is 0.0299. The summed E-state index contributed by atoms with van der Waals surface area (Å²) in [6.07, 6.45) is 0.755. The van der Waals surface area contributed by atoms with E-state index in [2.05, 4.69) is 21.7 Å². The van der Waals surface area contributed by atoms with Crippen molar-refractivity contribution in [1.29, 1.82) is 5.26 Å². The van der Waals surface area contributed by atoms with Crippen LogP contribution in [0.2, 0.25) is 0 Å². The number of rotatable bonds is 4. The number of anilines is 1. The molecule has 3 rings (SSSR count). The Morgan fingerprint density at radius 3 is 2.56 bits per heavy atom. The van der Waals surface area contributed by atoms with Gasteiger partial charge in [-0.25, -0.2) is 8.78 Å². The molecule has 7 heteroatoms. The summed E-state index contributed by atoms with van der Waals surface area (Å²) in [4.78, 5) is 5.93. The van der Waals surface area contributed by atoms with Crippen molar-refractivity contribution in [2.75, 3.05) is 25.0 Å². The van der Waals surface area contributed by atoms with E-state index in [4.69, 9.17) is 5.26 Å². The molecule has 2 aromatic rings. The number of benzene rings is 2. The van der Waals surface area contributed by atoms with Gasteiger partial charge in [-0.05, 0) is 36.2 Å². The molecular formula is C20H21F2N5. The van der Waals surface area contributed by atoms with E-state index in [1.165, 1.54) is 18.2 Å². The van der Waals surface area contributed by atoms with Crippen LogP contribution in [0.4, 0.5) is 14.5 Å². The van der Waals surface area contributed by atoms with E-state index in [0.717, 1.165) is 12.0 Å². The van der Waals surface area contributed by atoms with E-state index in [0.29, 0.717) is 31.2 Å². The second-order valence-electron chi connectivity index (χ2n) is 6.38. The van der Waals surface area contributed by atoms with Gasteiger partial charge in [0, 0.05) is 32.7 Å². The Morgan fingerprint density at radius 2 is 1.93 bits per heavy atom. The van der Waals surface area contributed by atoms with Crippen molar-refractivity contribution in [2.24, 2.45) is 4.99 Å². The number of guanidine groups is 1. The van der Waals surface area contributed by atoms with Crippen molar-refractivity contribution in [3.05, 3.63) is 65.2 Å². The Kier molecular flexibility index (Phi) is 5.87. The summed E-state index contributed by atoms with van der Waals surface area (Å²) in [7, 11) is 1.68. The maximum atomic E-state index is 14.0. The number of para-hydroxylation sites is 1. The first-order valence-corrected chi connectivity index (χ1v) is 8.76. The van der Waals surface area contributed by atoms with E-state index >= 15 is 0 Å². The Morgan fingerprint density at radius 1 is 1.22 bits per heavy atom. The van der Waals surface area contributed by atoms with Gasteiger partial charge in [0.05, 0.1) is 11.6 Å². The number of hydrogen-bond donors (Lipinski definition) is 2. The fourth-order valence-electron chi connectivity index (χ4n) is 3.14. The lowest BCUT2D eigenvalue weighted by molar-refractivity contribution is 0.576. The Bertz CT molecular complexity index is 837. The molecule has 1 atom stereocenters. The predicted octanol–water partition coefficient (Wildman–Crippen LogP) is 2.78. The largest absolute Gasteiger partial charge is 0.365 e. The molecule has 140 valence electrons. The molecule has 0 aliphatic carbocycles. The molecule has 0 saturated carbocycles. The quantitative estimate of drug-likeness (QED) is 0.643. The van der Waals surface area contributed by atoms with Gasteiger partial charge in [-0.1, -0.05) is 18.2 Å². The summed E-state index contributed by atoms with van der Waals surface area (Å²) in [5.41, 5.74) is 1.67. The van der Waals surface area contributed by atoms with Crippen LogP contribution in [0.5, 0.6) is 0 Å². The second-order valence-corrected chi connectivity index (χ2v) is 6.38. The molecule has 1 unspecified atom stereocenters. The molecule has 0 spiro atoms. The summed E-state index contributed by atoms with van der Waals surface area (Å²) < 4.78 is 27.9. The van der Waals surface area contributed by atoms with Crippen molar-refractivity contribution >= 4 is 11.6 Å². The van der Waals surface area contributed by atoms with Crippen LogP contribution < -0.4 is 15.5 Å². The highest BCUT2D eigenvalue weighted by atomic mass is 19.1. The van der Waals surface area contributed by atoms with Gasteiger partial charge < -0.3 is 15.5 Å². The highest BCUT2D eigenvalue weighted by Gasteiger charge is 2.27. The topological polar surface area (TPSA) is 63.5 Å². The molecular weight excluding hydrogens is 348 g/mol. The average molecular weight is 369 g/mol. The maximum absolute atomic E-state index is 14.0. The zero-order chi connectivity index (χ0) is 19.2. The molecule has 1 heterocycles. The lowest BCUT2D eigenvalue weighted by Gasteiger charge is -2.21. The molecule has 1 aliphatic rings. The molecule has 2 N–H and O–H groups in total. The molecule has 27 heavy (non-hydrogen) atoms. The lowest BCUT2D eigenvalue weighted by atomic mass is 10.1. The highest BCUT2D eigenvalue weighted by molar-refractivity contribution is 5.80. The van der Waals surface area contributed by atoms with Crippen LogP contribution in [-0.4, -0.2) is 32.1 Å². The Balaban J connectivity index is 1.55. The number of nitrogens with one attached hydrogen (secondary N) is 2. The first-order chi connectivity index (χ1) is 13.1. The van der Waals surface area contributed by atoms with Crippen LogP contribution in [0, 0.1) is 23.0 Å². The van der Waals surface area contributed by atoms with E-state index in [-0.39, 0.29) is 11.7 Å². The number of halogens is 2. The van der Waals surface area contributed by atoms with Gasteiger partial charge in [0.15, 0.2) is 5.96 Å². The van der Waals surface area contributed by atoms with Gasteiger partial charge in [-0.2, -0.15) is 5.26 Å². The van der Waals surface area contributed by atoms with Crippen LogP contribution >= 0.6 is 0 Å². The fourth-order valence-corrected chi connectivity index (χ4v) is 3.14. The number of aliphatic imine (C=N–C) groups is 1. The SMILES string of the molecule is CN=C(NCc1ccc(C#N)cc1)NC1CCN(c2c(F)cccc2F)C1. The Hall–Kier alpha value is -3.14. The van der Waals surface area contributed by atoms with E-state index in [9.17, 15) is 8.78 Å². The van der Waals surface area contributed by atoms with Gasteiger partial charge >= 0.3 is 0 Å². The minimum Gasteiger partial charge on any atom is -0.365 e. The van der Waals surface area contributed by atoms with Crippen LogP contribution in [-0.2, 0) is 6.54 Å². The number of nitriles is 1. The molecule has 1 fully saturated rings. The zero-order valence-corrected chi connectivity index (χ0v) is 15.0. The third-order valence-electron chi connectivity index (χ3n) is 4.55. The van der Waals surface area contributed by atoms with Crippen molar-refractivity contribution in [3.8, 4) is 6.07 Å². The molecule has 1 saturated heterocycles.